The molecule has 2 aromatic carbocycles. The van der Waals surface area contributed by atoms with Gasteiger partial charge in [0.15, 0.2) is 0 Å². The molecule has 0 saturated carbocycles. The Morgan fingerprint density at radius 3 is 2.42 bits per heavy atom. The minimum atomic E-state index is -4.29. The molecule has 0 aliphatic heterocycles. The van der Waals surface area contributed by atoms with Gasteiger partial charge in [-0.2, -0.15) is 13.6 Å². The summed E-state index contributed by atoms with van der Waals surface area (Å²) < 4.78 is 31.5. The molecule has 0 fully saturated rings. The predicted octanol–water partition coefficient (Wildman–Crippen LogP) is 2.40. The molecule has 11 heteroatoms. The van der Waals surface area contributed by atoms with Crippen molar-refractivity contribution in [2.75, 3.05) is 26.3 Å². The van der Waals surface area contributed by atoms with Crippen LogP contribution in [0.4, 0.5) is 0 Å². The third-order valence-corrected chi connectivity index (χ3v) is 6.36. The molecule has 0 aliphatic carbocycles. The number of carbonyl (C=O) groups excluding carboxylic acids is 1. The van der Waals surface area contributed by atoms with Gasteiger partial charge in [-0.05, 0) is 67.5 Å². The molecule has 0 radical (unpaired) electrons. The van der Waals surface area contributed by atoms with Crippen LogP contribution in [0.2, 0.25) is 0 Å². The van der Waals surface area contributed by atoms with E-state index in [4.69, 9.17) is 9.88 Å². The molecule has 6 N–H and O–H groups in total. The first-order chi connectivity index (χ1) is 18.2. The monoisotopic (exact) mass is 552 g/mol. The molecular weight excluding hydrogens is 512 g/mol. The molecule has 2 rings (SSSR count). The standard InChI is InChI=1S/C27H40N2O8S/c28-38(34,35)37-27(33)17-22-10-7-9-21(16-22)8-3-6-15-36-14-5-2-1-4-13-29-19-26(32)23-11-12-25(31)24(18-23)20-30/h7,9-12,16,18,26,29-32H,1-6,8,13-15,17,19-20H2,(H2,28,34,35). The van der Waals surface area contributed by atoms with Gasteiger partial charge in [-0.1, -0.05) is 43.2 Å². The second-order valence-corrected chi connectivity index (χ2v) is 10.3. The van der Waals surface area contributed by atoms with Gasteiger partial charge in [0.05, 0.1) is 19.1 Å². The molecule has 1 atom stereocenters. The number of aromatic hydroxyl groups is 1. The second-order valence-electron chi connectivity index (χ2n) is 9.19. The van der Waals surface area contributed by atoms with Gasteiger partial charge in [-0.3, -0.25) is 4.79 Å². The summed E-state index contributed by atoms with van der Waals surface area (Å²) in [6.45, 7) is 2.36. The zero-order valence-corrected chi connectivity index (χ0v) is 22.5. The van der Waals surface area contributed by atoms with E-state index in [0.29, 0.717) is 29.8 Å². The summed E-state index contributed by atoms with van der Waals surface area (Å²) in [6.07, 6.45) is 5.98. The maximum atomic E-state index is 11.6. The van der Waals surface area contributed by atoms with Crippen LogP contribution in [0, 0.1) is 0 Å². The number of carbonyl (C=O) groups is 1. The SMILES string of the molecule is NS(=O)(=O)OC(=O)Cc1cccc(CCCCOCCCCCCNCC(O)c2ccc(O)c(CO)c2)c1. The first kappa shape index (κ1) is 31.7. The summed E-state index contributed by atoms with van der Waals surface area (Å²) in [6, 6.07) is 12.1. The van der Waals surface area contributed by atoms with Crippen molar-refractivity contribution in [3.05, 3.63) is 64.7 Å². The molecule has 0 spiro atoms. The number of aryl methyl sites for hydroxylation is 1. The van der Waals surface area contributed by atoms with E-state index in [2.05, 4.69) is 9.50 Å². The van der Waals surface area contributed by atoms with Crippen molar-refractivity contribution >= 4 is 16.3 Å². The summed E-state index contributed by atoms with van der Waals surface area (Å²) in [4.78, 5) is 11.6. The Kier molecular flexibility index (Phi) is 14.3. The van der Waals surface area contributed by atoms with E-state index in [1.54, 1.807) is 18.2 Å². The van der Waals surface area contributed by atoms with Gasteiger partial charge in [0.25, 0.3) is 0 Å². The van der Waals surface area contributed by atoms with E-state index in [1.165, 1.54) is 6.07 Å². The molecular formula is C27H40N2O8S. The smallest absolute Gasteiger partial charge is 0.382 e. The van der Waals surface area contributed by atoms with Crippen molar-refractivity contribution in [3.8, 4) is 5.75 Å². The molecule has 2 aromatic rings. The zero-order valence-electron chi connectivity index (χ0n) is 21.7. The van der Waals surface area contributed by atoms with Crippen LogP contribution in [0.3, 0.4) is 0 Å². The fourth-order valence-electron chi connectivity index (χ4n) is 3.96. The zero-order chi connectivity index (χ0) is 27.8. The lowest BCUT2D eigenvalue weighted by Crippen LogP contribution is -2.22. The van der Waals surface area contributed by atoms with Crippen LogP contribution >= 0.6 is 0 Å². The van der Waals surface area contributed by atoms with E-state index in [0.717, 1.165) is 63.7 Å². The molecule has 38 heavy (non-hydrogen) atoms. The number of aliphatic hydroxyl groups excluding tert-OH is 2. The lowest BCUT2D eigenvalue weighted by Gasteiger charge is -2.14. The van der Waals surface area contributed by atoms with Crippen LogP contribution in [-0.4, -0.2) is 56.0 Å². The van der Waals surface area contributed by atoms with Gasteiger partial charge >= 0.3 is 16.3 Å². The summed E-state index contributed by atoms with van der Waals surface area (Å²) in [5, 5.41) is 37.0. The lowest BCUT2D eigenvalue weighted by atomic mass is 10.0. The van der Waals surface area contributed by atoms with Gasteiger partial charge in [-0.15, -0.1) is 0 Å². The summed E-state index contributed by atoms with van der Waals surface area (Å²) in [7, 11) is -4.29. The quantitative estimate of drug-likeness (QED) is 0.164. The number of hydrogen-bond acceptors (Lipinski definition) is 9. The second kappa shape index (κ2) is 17.1. The van der Waals surface area contributed by atoms with Crippen molar-refractivity contribution in [1.29, 1.82) is 0 Å². The van der Waals surface area contributed by atoms with Gasteiger partial charge < -0.3 is 29.6 Å². The topological polar surface area (TPSA) is 168 Å². The predicted molar refractivity (Wildman–Crippen MR) is 143 cm³/mol. The summed E-state index contributed by atoms with van der Waals surface area (Å²) in [5.74, 6) is -0.882. The fourth-order valence-corrected chi connectivity index (χ4v) is 4.28. The van der Waals surface area contributed by atoms with Gasteiger partial charge in [0, 0.05) is 25.3 Å². The minimum Gasteiger partial charge on any atom is -0.508 e. The fraction of sp³-hybridized carbons (Fsp3) is 0.519. The number of unbranched alkanes of at least 4 members (excludes halogenated alkanes) is 4. The Balaban J connectivity index is 1.45. The maximum absolute atomic E-state index is 11.6. The highest BCUT2D eigenvalue weighted by Crippen LogP contribution is 2.22. The number of nitrogens with two attached hydrogens (primary N) is 1. The average Bonchev–Trinajstić information content (AvgIpc) is 2.86. The van der Waals surface area contributed by atoms with Gasteiger partial charge in [-0.25, -0.2) is 0 Å². The van der Waals surface area contributed by atoms with Crippen molar-refractivity contribution < 1.29 is 37.5 Å². The van der Waals surface area contributed by atoms with Crippen molar-refractivity contribution in [2.24, 2.45) is 5.14 Å². The number of ether oxygens (including phenoxy) is 1. The Labute approximate surface area is 225 Å². The lowest BCUT2D eigenvalue weighted by molar-refractivity contribution is -0.133. The van der Waals surface area contributed by atoms with Gasteiger partial charge in [0.1, 0.15) is 5.75 Å². The third-order valence-electron chi connectivity index (χ3n) is 5.94. The van der Waals surface area contributed by atoms with Crippen LogP contribution in [0.15, 0.2) is 42.5 Å². The number of aliphatic hydroxyl groups is 2. The molecule has 0 heterocycles. The summed E-state index contributed by atoms with van der Waals surface area (Å²) >= 11 is 0. The molecule has 0 saturated heterocycles. The largest absolute Gasteiger partial charge is 0.508 e. The van der Waals surface area contributed by atoms with E-state index in [-0.39, 0.29) is 18.8 Å². The van der Waals surface area contributed by atoms with Crippen molar-refractivity contribution in [1.82, 2.24) is 5.32 Å². The third kappa shape index (κ3) is 13.3. The average molecular weight is 553 g/mol. The number of rotatable bonds is 19. The number of nitrogens with one attached hydrogen (secondary N) is 1. The minimum absolute atomic E-state index is 0.0239. The van der Waals surface area contributed by atoms with Crippen LogP contribution < -0.4 is 10.5 Å². The number of hydrogen-bond donors (Lipinski definition) is 5. The first-order valence-electron chi connectivity index (χ1n) is 12.9. The van der Waals surface area contributed by atoms with Crippen LogP contribution in [0.5, 0.6) is 5.75 Å². The molecule has 212 valence electrons. The Morgan fingerprint density at radius 2 is 1.68 bits per heavy atom. The molecule has 0 bridgehead atoms. The highest BCUT2D eigenvalue weighted by Gasteiger charge is 2.13. The Morgan fingerprint density at radius 1 is 0.974 bits per heavy atom. The van der Waals surface area contributed by atoms with Crippen LogP contribution in [0.1, 0.15) is 66.9 Å². The first-order valence-corrected chi connectivity index (χ1v) is 14.4. The molecule has 0 amide bonds. The number of benzene rings is 2. The molecule has 10 nitrogen and oxygen atoms in total. The number of phenols is 1. The highest BCUT2D eigenvalue weighted by molar-refractivity contribution is 7.84. The molecule has 1 unspecified atom stereocenters. The van der Waals surface area contributed by atoms with Crippen molar-refractivity contribution in [3.63, 3.8) is 0 Å². The molecule has 0 aliphatic rings. The molecule has 0 aromatic heterocycles. The van der Waals surface area contributed by atoms with Crippen molar-refractivity contribution in [2.45, 2.75) is 64.1 Å². The highest BCUT2D eigenvalue weighted by atomic mass is 32.2. The van der Waals surface area contributed by atoms with E-state index in [9.17, 15) is 28.5 Å². The normalized spacial score (nSPS) is 12.4. The maximum Gasteiger partial charge on any atom is 0.382 e. The van der Waals surface area contributed by atoms with E-state index in [1.807, 2.05) is 18.2 Å². The van der Waals surface area contributed by atoms with E-state index >= 15 is 0 Å². The Hall–Kier alpha value is -2.54. The van der Waals surface area contributed by atoms with Crippen LogP contribution in [0.25, 0.3) is 0 Å². The Bertz CT molecular complexity index is 1090. The van der Waals surface area contributed by atoms with Gasteiger partial charge in [0.2, 0.25) is 0 Å². The van der Waals surface area contributed by atoms with Crippen LogP contribution in [-0.2, 0) is 43.5 Å². The summed E-state index contributed by atoms with van der Waals surface area (Å²) in [5.41, 5.74) is 2.80. The van der Waals surface area contributed by atoms with E-state index < -0.39 is 22.4 Å².